The van der Waals surface area contributed by atoms with Gasteiger partial charge >= 0.3 is 5.97 Å². The lowest BCUT2D eigenvalue weighted by Crippen LogP contribution is -2.67. The number of nitrogens with zero attached hydrogens (tertiary/aromatic N) is 2. The largest absolute Gasteiger partial charge is 0.481 e. The molecule has 0 amide bonds. The molecule has 0 aliphatic carbocycles. The molecule has 0 saturated heterocycles. The van der Waals surface area contributed by atoms with Crippen LogP contribution < -0.4 is 26.4 Å². The SMILES string of the molecule is CC(C)[Si]1(CCCC(=O)O)c2cc3c(cc2N=c2cc4c(cc21)=NCC4)CCN3. The van der Waals surface area contributed by atoms with Gasteiger partial charge in [-0.2, -0.15) is 0 Å². The number of benzene rings is 2. The third-order valence-corrected chi connectivity index (χ3v) is 12.8. The Morgan fingerprint density at radius 3 is 2.79 bits per heavy atom. The Kier molecular flexibility index (Phi) is 4.35. The number of carbonyl (C=O) groups is 1. The summed E-state index contributed by atoms with van der Waals surface area (Å²) in [6.45, 7) is 6.47. The minimum Gasteiger partial charge on any atom is -0.481 e. The number of fused-ring (bicyclic) bond motifs is 4. The first kappa shape index (κ1) is 18.5. The molecule has 0 fully saturated rings. The summed E-state index contributed by atoms with van der Waals surface area (Å²) in [4.78, 5) is 21.1. The van der Waals surface area contributed by atoms with Crippen LogP contribution in [0.3, 0.4) is 0 Å². The van der Waals surface area contributed by atoms with Crippen molar-refractivity contribution < 1.29 is 9.90 Å². The summed E-state index contributed by atoms with van der Waals surface area (Å²) in [5.41, 5.74) is 5.46. The van der Waals surface area contributed by atoms with Crippen LogP contribution in [0.2, 0.25) is 11.6 Å². The Hall–Kier alpha value is -2.47. The molecule has 2 N–H and O–H groups in total. The van der Waals surface area contributed by atoms with Crippen molar-refractivity contribution in [3.63, 3.8) is 0 Å². The first-order valence-electron chi connectivity index (χ1n) is 10.7. The molecule has 0 aromatic heterocycles. The molecule has 5 rings (SSSR count). The highest BCUT2D eigenvalue weighted by molar-refractivity contribution is 7.04. The molecular weight excluding hydrogens is 378 g/mol. The maximum atomic E-state index is 11.3. The molecule has 3 aliphatic heterocycles. The minimum absolute atomic E-state index is 0.224. The van der Waals surface area contributed by atoms with Gasteiger partial charge in [-0.1, -0.05) is 13.8 Å². The molecular formula is C23H27N3O2Si. The number of rotatable bonds is 5. The summed E-state index contributed by atoms with van der Waals surface area (Å²) >= 11 is 0. The highest BCUT2D eigenvalue weighted by atomic mass is 28.3. The van der Waals surface area contributed by atoms with Gasteiger partial charge in [0.1, 0.15) is 8.07 Å². The van der Waals surface area contributed by atoms with Gasteiger partial charge < -0.3 is 10.4 Å². The van der Waals surface area contributed by atoms with Gasteiger partial charge in [0, 0.05) is 25.2 Å². The lowest BCUT2D eigenvalue weighted by molar-refractivity contribution is -0.137. The summed E-state index contributed by atoms with van der Waals surface area (Å²) < 4.78 is 0. The van der Waals surface area contributed by atoms with Crippen molar-refractivity contribution in [3.05, 3.63) is 46.1 Å². The van der Waals surface area contributed by atoms with Gasteiger partial charge in [-0.15, -0.1) is 0 Å². The molecule has 29 heavy (non-hydrogen) atoms. The van der Waals surface area contributed by atoms with Crippen molar-refractivity contribution in [2.24, 2.45) is 9.98 Å². The second-order valence-electron chi connectivity index (χ2n) is 8.82. The average Bonchev–Trinajstić information content (AvgIpc) is 3.32. The summed E-state index contributed by atoms with van der Waals surface area (Å²) in [6.07, 6.45) is 2.97. The fourth-order valence-electron chi connectivity index (χ4n) is 5.47. The zero-order chi connectivity index (χ0) is 20.2. The molecule has 1 unspecified atom stereocenters. The highest BCUT2D eigenvalue weighted by Gasteiger charge is 2.45. The van der Waals surface area contributed by atoms with Crippen molar-refractivity contribution in [2.45, 2.75) is 51.1 Å². The molecule has 0 saturated carbocycles. The number of aliphatic carboxylic acids is 1. The zero-order valence-corrected chi connectivity index (χ0v) is 18.1. The van der Waals surface area contributed by atoms with Crippen molar-refractivity contribution in [1.29, 1.82) is 0 Å². The van der Waals surface area contributed by atoms with Crippen LogP contribution in [0.5, 0.6) is 0 Å². The highest BCUT2D eigenvalue weighted by Crippen LogP contribution is 2.35. The molecule has 150 valence electrons. The molecule has 5 nitrogen and oxygen atoms in total. The number of anilines is 1. The fourth-order valence-corrected chi connectivity index (χ4v) is 10.8. The van der Waals surface area contributed by atoms with E-state index in [0.29, 0.717) is 12.0 Å². The van der Waals surface area contributed by atoms with Crippen LogP contribution in [0.1, 0.15) is 37.8 Å². The second-order valence-corrected chi connectivity index (χ2v) is 13.5. The Balaban J connectivity index is 1.78. The minimum atomic E-state index is -2.21. The third kappa shape index (κ3) is 2.84. The van der Waals surface area contributed by atoms with Gasteiger partial charge in [-0.05, 0) is 76.6 Å². The maximum absolute atomic E-state index is 11.3. The van der Waals surface area contributed by atoms with E-state index in [1.807, 2.05) is 0 Å². The summed E-state index contributed by atoms with van der Waals surface area (Å²) in [7, 11) is -2.21. The third-order valence-electron chi connectivity index (χ3n) is 6.94. The van der Waals surface area contributed by atoms with Crippen LogP contribution in [0.15, 0.2) is 34.3 Å². The van der Waals surface area contributed by atoms with Gasteiger partial charge in [0.2, 0.25) is 0 Å². The van der Waals surface area contributed by atoms with Crippen LogP contribution in [0.25, 0.3) is 0 Å². The topological polar surface area (TPSA) is 74.0 Å². The van der Waals surface area contributed by atoms with Gasteiger partial charge in [0.05, 0.1) is 16.4 Å². The Morgan fingerprint density at radius 1 is 1.14 bits per heavy atom. The quantitative estimate of drug-likeness (QED) is 0.747. The molecule has 0 bridgehead atoms. The van der Waals surface area contributed by atoms with Crippen LogP contribution in [0.4, 0.5) is 11.4 Å². The van der Waals surface area contributed by atoms with Crippen molar-refractivity contribution in [1.82, 2.24) is 0 Å². The number of nitrogens with one attached hydrogen (secondary N) is 1. The van der Waals surface area contributed by atoms with E-state index in [0.717, 1.165) is 48.4 Å². The smallest absolute Gasteiger partial charge is 0.303 e. The van der Waals surface area contributed by atoms with Crippen LogP contribution >= 0.6 is 0 Å². The molecule has 1 atom stereocenters. The van der Waals surface area contributed by atoms with Gasteiger partial charge in [0.25, 0.3) is 0 Å². The fraction of sp³-hybridized carbons (Fsp3) is 0.435. The van der Waals surface area contributed by atoms with E-state index in [1.165, 1.54) is 27.2 Å². The summed E-state index contributed by atoms with van der Waals surface area (Å²) in [6, 6.07) is 10.1. The first-order chi connectivity index (χ1) is 14.0. The van der Waals surface area contributed by atoms with E-state index in [9.17, 15) is 9.90 Å². The monoisotopic (exact) mass is 405 g/mol. The molecule has 0 spiro atoms. The molecule has 3 heterocycles. The normalized spacial score (nSPS) is 20.8. The Labute approximate surface area is 171 Å². The average molecular weight is 406 g/mol. The lowest BCUT2D eigenvalue weighted by Gasteiger charge is -2.40. The number of hydrogen-bond acceptors (Lipinski definition) is 4. The number of carboxylic acid groups (broad SMARTS) is 1. The van der Waals surface area contributed by atoms with Crippen LogP contribution in [0, 0.1) is 0 Å². The van der Waals surface area contributed by atoms with Crippen molar-refractivity contribution in [3.8, 4) is 0 Å². The number of hydrogen-bond donors (Lipinski definition) is 2. The Bertz CT molecular complexity index is 1140. The van der Waals surface area contributed by atoms with E-state index in [1.54, 1.807) is 0 Å². The molecule has 0 radical (unpaired) electrons. The predicted molar refractivity (Wildman–Crippen MR) is 117 cm³/mol. The first-order valence-corrected chi connectivity index (χ1v) is 13.0. The number of carboxylic acids is 1. The van der Waals surface area contributed by atoms with Crippen molar-refractivity contribution >= 4 is 35.8 Å². The van der Waals surface area contributed by atoms with Gasteiger partial charge in [0.15, 0.2) is 0 Å². The molecule has 6 heteroatoms. The van der Waals surface area contributed by atoms with E-state index in [4.69, 9.17) is 9.98 Å². The zero-order valence-electron chi connectivity index (χ0n) is 17.1. The summed E-state index contributed by atoms with van der Waals surface area (Å²) in [5, 5.41) is 17.8. The van der Waals surface area contributed by atoms with E-state index < -0.39 is 14.0 Å². The lowest BCUT2D eigenvalue weighted by atomic mass is 10.1. The summed E-state index contributed by atoms with van der Waals surface area (Å²) in [5.74, 6) is -0.710. The molecule has 3 aliphatic rings. The van der Waals surface area contributed by atoms with Gasteiger partial charge in [-0.3, -0.25) is 9.79 Å². The Morgan fingerprint density at radius 2 is 2.00 bits per heavy atom. The maximum Gasteiger partial charge on any atom is 0.303 e. The van der Waals surface area contributed by atoms with Gasteiger partial charge in [-0.25, -0.2) is 4.99 Å². The second kappa shape index (κ2) is 6.80. The van der Waals surface area contributed by atoms with Crippen LogP contribution in [-0.2, 0) is 17.6 Å². The molecule has 2 aromatic rings. The van der Waals surface area contributed by atoms with E-state index in [2.05, 4.69) is 43.4 Å². The van der Waals surface area contributed by atoms with Crippen molar-refractivity contribution in [2.75, 3.05) is 18.4 Å². The van der Waals surface area contributed by atoms with E-state index in [-0.39, 0.29) is 6.42 Å². The predicted octanol–water partition coefficient (Wildman–Crippen LogP) is 1.93. The standard InChI is InChI=1S/C23H27N3O2Si/c1-14(2)29(9-3-4-23(27)28)21-12-17-15(5-7-24-17)10-19(21)26-20-11-16-6-8-25-18(16)13-22(20)29/h10-14,24H,3-9H2,1-2H3,(H,27,28). The van der Waals surface area contributed by atoms with E-state index >= 15 is 0 Å². The molecule has 2 aromatic carbocycles. The van der Waals surface area contributed by atoms with Crippen LogP contribution in [-0.4, -0.2) is 32.2 Å².